The monoisotopic (exact) mass is 306 g/mol. The van der Waals surface area contributed by atoms with Gasteiger partial charge in [0.1, 0.15) is 5.76 Å². The molecule has 0 unspecified atom stereocenters. The van der Waals surface area contributed by atoms with Crippen molar-refractivity contribution < 1.29 is 4.42 Å². The highest BCUT2D eigenvalue weighted by atomic mass is 32.1. The van der Waals surface area contributed by atoms with Crippen LogP contribution in [-0.2, 0) is 19.6 Å². The molecule has 0 fully saturated rings. The second-order valence-corrected chi connectivity index (χ2v) is 6.86. The van der Waals surface area contributed by atoms with Gasteiger partial charge in [0.15, 0.2) is 0 Å². The Bertz CT molecular complexity index is 505. The van der Waals surface area contributed by atoms with Crippen molar-refractivity contribution in [1.82, 2.24) is 10.2 Å². The lowest BCUT2D eigenvalue weighted by Crippen LogP contribution is -2.21. The van der Waals surface area contributed by atoms with Crippen LogP contribution in [0.15, 0.2) is 34.3 Å². The van der Waals surface area contributed by atoms with Gasteiger partial charge in [-0.1, -0.05) is 26.8 Å². The van der Waals surface area contributed by atoms with Gasteiger partial charge in [-0.05, 0) is 36.5 Å². The molecular weight excluding hydrogens is 280 g/mol. The van der Waals surface area contributed by atoms with Gasteiger partial charge in [0.25, 0.3) is 0 Å². The van der Waals surface area contributed by atoms with Crippen molar-refractivity contribution in [3.05, 3.63) is 46.0 Å². The van der Waals surface area contributed by atoms with Crippen molar-refractivity contribution in [2.24, 2.45) is 5.92 Å². The molecule has 0 aliphatic heterocycles. The molecule has 0 aromatic carbocycles. The summed E-state index contributed by atoms with van der Waals surface area (Å²) in [5.41, 5.74) is 1.23. The standard InChI is InChI=1S/C17H26N2OS/c1-4-19(12-17-6-5-7-21-17)11-16-8-15(13-20-16)10-18-9-14(2)3/h5-8,13-14,18H,4,9-12H2,1-3H3. The Kier molecular flexibility index (Phi) is 6.49. The Hall–Kier alpha value is -1.10. The molecular formula is C17H26N2OS. The van der Waals surface area contributed by atoms with Crippen LogP contribution in [0, 0.1) is 5.92 Å². The lowest BCUT2D eigenvalue weighted by Gasteiger charge is -2.17. The van der Waals surface area contributed by atoms with Gasteiger partial charge in [0, 0.05) is 23.5 Å². The van der Waals surface area contributed by atoms with E-state index in [-0.39, 0.29) is 0 Å². The molecule has 116 valence electrons. The van der Waals surface area contributed by atoms with E-state index in [1.54, 1.807) is 0 Å². The van der Waals surface area contributed by atoms with Crippen LogP contribution in [0.4, 0.5) is 0 Å². The normalized spacial score (nSPS) is 11.7. The molecule has 0 aliphatic carbocycles. The maximum Gasteiger partial charge on any atom is 0.118 e. The van der Waals surface area contributed by atoms with E-state index in [1.165, 1.54) is 10.4 Å². The highest BCUT2D eigenvalue weighted by molar-refractivity contribution is 7.09. The highest BCUT2D eigenvalue weighted by Gasteiger charge is 2.09. The van der Waals surface area contributed by atoms with E-state index in [0.29, 0.717) is 5.92 Å². The summed E-state index contributed by atoms with van der Waals surface area (Å²) in [5, 5.41) is 5.58. The summed E-state index contributed by atoms with van der Waals surface area (Å²) in [6, 6.07) is 6.47. The molecule has 0 amide bonds. The number of thiophene rings is 1. The average molecular weight is 306 g/mol. The molecule has 2 aromatic heterocycles. The molecule has 21 heavy (non-hydrogen) atoms. The second kappa shape index (κ2) is 8.37. The predicted molar refractivity (Wildman–Crippen MR) is 89.4 cm³/mol. The number of nitrogens with one attached hydrogen (secondary N) is 1. The largest absolute Gasteiger partial charge is 0.468 e. The Balaban J connectivity index is 1.82. The van der Waals surface area contributed by atoms with E-state index >= 15 is 0 Å². The van der Waals surface area contributed by atoms with Crippen LogP contribution in [0.2, 0.25) is 0 Å². The summed E-state index contributed by atoms with van der Waals surface area (Å²) in [7, 11) is 0. The molecule has 1 N–H and O–H groups in total. The van der Waals surface area contributed by atoms with E-state index < -0.39 is 0 Å². The van der Waals surface area contributed by atoms with Gasteiger partial charge in [0.05, 0.1) is 12.8 Å². The smallest absolute Gasteiger partial charge is 0.118 e. The lowest BCUT2D eigenvalue weighted by atomic mass is 10.2. The van der Waals surface area contributed by atoms with Gasteiger partial charge >= 0.3 is 0 Å². The summed E-state index contributed by atoms with van der Waals surface area (Å²) in [5.74, 6) is 1.73. The van der Waals surface area contributed by atoms with Crippen molar-refractivity contribution in [1.29, 1.82) is 0 Å². The van der Waals surface area contributed by atoms with Crippen molar-refractivity contribution in [3.8, 4) is 0 Å². The Labute approximate surface area is 132 Å². The molecule has 0 saturated heterocycles. The SMILES string of the molecule is CCN(Cc1cc(CNCC(C)C)co1)Cc1cccs1. The van der Waals surface area contributed by atoms with E-state index in [0.717, 1.165) is 38.5 Å². The third-order valence-corrected chi connectivity index (χ3v) is 4.24. The van der Waals surface area contributed by atoms with Crippen molar-refractivity contribution in [3.63, 3.8) is 0 Å². The zero-order chi connectivity index (χ0) is 15.1. The fourth-order valence-corrected chi connectivity index (χ4v) is 2.98. The predicted octanol–water partition coefficient (Wildman–Crippen LogP) is 4.11. The second-order valence-electron chi connectivity index (χ2n) is 5.83. The third kappa shape index (κ3) is 5.65. The molecule has 0 radical (unpaired) electrons. The Morgan fingerprint density at radius 2 is 2.19 bits per heavy atom. The molecule has 0 bridgehead atoms. The molecule has 0 spiro atoms. The van der Waals surface area contributed by atoms with Crippen molar-refractivity contribution in [2.45, 2.75) is 40.4 Å². The van der Waals surface area contributed by atoms with Gasteiger partial charge in [-0.2, -0.15) is 0 Å². The summed E-state index contributed by atoms with van der Waals surface area (Å²) >= 11 is 1.81. The minimum Gasteiger partial charge on any atom is -0.468 e. The first-order chi connectivity index (χ1) is 10.2. The van der Waals surface area contributed by atoms with Gasteiger partial charge in [0.2, 0.25) is 0 Å². The Morgan fingerprint density at radius 3 is 2.86 bits per heavy atom. The number of rotatable bonds is 9. The van der Waals surface area contributed by atoms with Crippen LogP contribution in [0.3, 0.4) is 0 Å². The summed E-state index contributed by atoms with van der Waals surface area (Å²) < 4.78 is 5.70. The summed E-state index contributed by atoms with van der Waals surface area (Å²) in [4.78, 5) is 3.80. The van der Waals surface area contributed by atoms with E-state index in [4.69, 9.17) is 4.42 Å². The van der Waals surface area contributed by atoms with Crippen LogP contribution >= 0.6 is 11.3 Å². The first-order valence-electron chi connectivity index (χ1n) is 7.69. The molecule has 2 rings (SSSR count). The number of hydrogen-bond acceptors (Lipinski definition) is 4. The fraction of sp³-hybridized carbons (Fsp3) is 0.529. The van der Waals surface area contributed by atoms with Gasteiger partial charge in [-0.25, -0.2) is 0 Å². The molecule has 2 aromatic rings. The van der Waals surface area contributed by atoms with E-state index in [1.807, 2.05) is 17.6 Å². The first-order valence-corrected chi connectivity index (χ1v) is 8.57. The molecule has 0 atom stereocenters. The maximum absolute atomic E-state index is 5.70. The van der Waals surface area contributed by atoms with Crippen LogP contribution in [0.5, 0.6) is 0 Å². The van der Waals surface area contributed by atoms with Crippen LogP contribution < -0.4 is 5.32 Å². The minimum absolute atomic E-state index is 0.678. The molecule has 0 aliphatic rings. The first kappa shape index (κ1) is 16.3. The van der Waals surface area contributed by atoms with Gasteiger partial charge in [-0.3, -0.25) is 4.90 Å². The number of furan rings is 1. The Morgan fingerprint density at radius 1 is 1.33 bits per heavy atom. The quantitative estimate of drug-likeness (QED) is 0.756. The fourth-order valence-electron chi connectivity index (χ4n) is 2.23. The zero-order valence-electron chi connectivity index (χ0n) is 13.3. The number of hydrogen-bond donors (Lipinski definition) is 1. The van der Waals surface area contributed by atoms with Crippen LogP contribution in [0.1, 0.15) is 37.0 Å². The van der Waals surface area contributed by atoms with Crippen LogP contribution in [-0.4, -0.2) is 18.0 Å². The lowest BCUT2D eigenvalue weighted by molar-refractivity contribution is 0.250. The summed E-state index contributed by atoms with van der Waals surface area (Å²) in [6.45, 7) is 11.5. The van der Waals surface area contributed by atoms with Gasteiger partial charge in [-0.15, -0.1) is 11.3 Å². The van der Waals surface area contributed by atoms with Gasteiger partial charge < -0.3 is 9.73 Å². The highest BCUT2D eigenvalue weighted by Crippen LogP contribution is 2.15. The van der Waals surface area contributed by atoms with E-state index in [2.05, 4.69) is 54.6 Å². The van der Waals surface area contributed by atoms with Crippen molar-refractivity contribution >= 4 is 11.3 Å². The molecule has 3 nitrogen and oxygen atoms in total. The average Bonchev–Trinajstić information content (AvgIpc) is 3.09. The molecule has 0 saturated carbocycles. The number of nitrogens with zero attached hydrogens (tertiary/aromatic N) is 1. The van der Waals surface area contributed by atoms with Crippen LogP contribution in [0.25, 0.3) is 0 Å². The third-order valence-electron chi connectivity index (χ3n) is 3.38. The zero-order valence-corrected chi connectivity index (χ0v) is 14.1. The molecule has 2 heterocycles. The molecule has 4 heteroatoms. The maximum atomic E-state index is 5.70. The topological polar surface area (TPSA) is 28.4 Å². The summed E-state index contributed by atoms with van der Waals surface area (Å²) in [6.07, 6.45) is 1.88. The minimum atomic E-state index is 0.678. The van der Waals surface area contributed by atoms with Crippen molar-refractivity contribution in [2.75, 3.05) is 13.1 Å². The van der Waals surface area contributed by atoms with E-state index in [9.17, 15) is 0 Å².